The Morgan fingerprint density at radius 2 is 2.00 bits per heavy atom. The van der Waals surface area contributed by atoms with E-state index in [0.717, 1.165) is 13.2 Å². The van der Waals surface area contributed by atoms with Gasteiger partial charge in [0.05, 0.1) is 6.61 Å². The van der Waals surface area contributed by atoms with Crippen molar-refractivity contribution in [3.05, 3.63) is 0 Å². The van der Waals surface area contributed by atoms with E-state index in [2.05, 4.69) is 10.2 Å². The van der Waals surface area contributed by atoms with Crippen molar-refractivity contribution in [1.82, 2.24) is 10.2 Å². The topological polar surface area (TPSA) is 24.5 Å². The van der Waals surface area contributed by atoms with Gasteiger partial charge < -0.3 is 10.1 Å². The Kier molecular flexibility index (Phi) is 3.69. The first-order valence-electron chi connectivity index (χ1n) is 7.45. The summed E-state index contributed by atoms with van der Waals surface area (Å²) < 4.78 is 5.67. The number of hydrogen-bond acceptors (Lipinski definition) is 3. The molecule has 1 N–H and O–H groups in total. The lowest BCUT2D eigenvalue weighted by atomic mass is 9.96. The van der Waals surface area contributed by atoms with Crippen molar-refractivity contribution in [1.29, 1.82) is 0 Å². The van der Waals surface area contributed by atoms with Gasteiger partial charge in [0.25, 0.3) is 0 Å². The fraction of sp³-hybridized carbons (Fsp3) is 1.00. The molecule has 1 unspecified atom stereocenters. The van der Waals surface area contributed by atoms with E-state index in [1.807, 2.05) is 0 Å². The molecule has 0 amide bonds. The molecule has 3 aliphatic rings. The molecule has 1 aliphatic carbocycles. The summed E-state index contributed by atoms with van der Waals surface area (Å²) in [5, 5.41) is 3.84. The number of rotatable bonds is 1. The van der Waals surface area contributed by atoms with Crippen LogP contribution < -0.4 is 5.32 Å². The maximum absolute atomic E-state index is 5.67. The highest BCUT2D eigenvalue weighted by Crippen LogP contribution is 2.32. The predicted molar refractivity (Wildman–Crippen MR) is 69.2 cm³/mol. The molecule has 2 saturated heterocycles. The maximum atomic E-state index is 5.67. The van der Waals surface area contributed by atoms with E-state index in [4.69, 9.17) is 4.74 Å². The molecular formula is C14H26N2O. The monoisotopic (exact) mass is 238 g/mol. The molecular weight excluding hydrogens is 212 g/mol. The largest absolute Gasteiger partial charge is 0.380 e. The Morgan fingerprint density at radius 3 is 2.76 bits per heavy atom. The summed E-state index contributed by atoms with van der Waals surface area (Å²) in [5.74, 6) is 0. The summed E-state index contributed by atoms with van der Waals surface area (Å²) >= 11 is 0. The summed E-state index contributed by atoms with van der Waals surface area (Å²) in [6.45, 7) is 5.69. The van der Waals surface area contributed by atoms with E-state index < -0.39 is 0 Å². The van der Waals surface area contributed by atoms with Gasteiger partial charge in [-0.05, 0) is 45.2 Å². The smallest absolute Gasteiger partial charge is 0.0621 e. The molecule has 17 heavy (non-hydrogen) atoms. The van der Waals surface area contributed by atoms with Crippen LogP contribution in [0.15, 0.2) is 0 Å². The zero-order valence-corrected chi connectivity index (χ0v) is 10.9. The van der Waals surface area contributed by atoms with Crippen LogP contribution in [0.4, 0.5) is 0 Å². The lowest BCUT2D eigenvalue weighted by Crippen LogP contribution is -2.52. The lowest BCUT2D eigenvalue weighted by molar-refractivity contribution is 0.0116. The van der Waals surface area contributed by atoms with Crippen LogP contribution in [0.5, 0.6) is 0 Å². The fourth-order valence-electron chi connectivity index (χ4n) is 3.87. The Labute approximate surface area is 105 Å². The van der Waals surface area contributed by atoms with Gasteiger partial charge in [-0.2, -0.15) is 0 Å². The minimum Gasteiger partial charge on any atom is -0.380 e. The van der Waals surface area contributed by atoms with Gasteiger partial charge in [-0.3, -0.25) is 4.90 Å². The van der Waals surface area contributed by atoms with Gasteiger partial charge in [-0.15, -0.1) is 0 Å². The summed E-state index contributed by atoms with van der Waals surface area (Å²) in [5.41, 5.74) is 0.452. The second kappa shape index (κ2) is 5.25. The molecule has 0 aromatic carbocycles. The second-order valence-corrected chi connectivity index (χ2v) is 6.11. The average molecular weight is 238 g/mol. The molecule has 0 radical (unpaired) electrons. The highest BCUT2D eigenvalue weighted by molar-refractivity contribution is 4.98. The minimum absolute atomic E-state index is 0.452. The molecule has 0 bridgehead atoms. The molecule has 3 rings (SSSR count). The van der Waals surface area contributed by atoms with Gasteiger partial charge in [0.1, 0.15) is 0 Å². The number of hydrogen-bond donors (Lipinski definition) is 1. The van der Waals surface area contributed by atoms with Gasteiger partial charge >= 0.3 is 0 Å². The van der Waals surface area contributed by atoms with Crippen molar-refractivity contribution in [2.24, 2.45) is 0 Å². The lowest BCUT2D eigenvalue weighted by Gasteiger charge is -2.39. The Bertz CT molecular complexity index is 245. The molecule has 1 spiro atoms. The first-order valence-corrected chi connectivity index (χ1v) is 7.45. The zero-order valence-electron chi connectivity index (χ0n) is 10.9. The molecule has 2 aliphatic heterocycles. The number of nitrogens with zero attached hydrogens (tertiary/aromatic N) is 1. The normalized spacial score (nSPS) is 34.9. The van der Waals surface area contributed by atoms with E-state index in [1.165, 1.54) is 64.6 Å². The third-order valence-corrected chi connectivity index (χ3v) is 4.84. The van der Waals surface area contributed by atoms with E-state index >= 15 is 0 Å². The first kappa shape index (κ1) is 11.9. The first-order chi connectivity index (χ1) is 8.38. The van der Waals surface area contributed by atoms with Crippen molar-refractivity contribution < 1.29 is 4.74 Å². The summed E-state index contributed by atoms with van der Waals surface area (Å²) in [4.78, 5) is 2.73. The predicted octanol–water partition coefficient (Wildman–Crippen LogP) is 1.77. The van der Waals surface area contributed by atoms with E-state index in [0.29, 0.717) is 11.6 Å². The third kappa shape index (κ3) is 2.67. The highest BCUT2D eigenvalue weighted by atomic mass is 16.5. The van der Waals surface area contributed by atoms with Gasteiger partial charge in [-0.25, -0.2) is 0 Å². The molecule has 2 heterocycles. The van der Waals surface area contributed by atoms with Crippen LogP contribution in [0, 0.1) is 0 Å². The SMILES string of the molecule is C1COCC(N2CCCNC3(CCCC3)C2)C1. The molecule has 3 fully saturated rings. The van der Waals surface area contributed by atoms with Crippen molar-refractivity contribution in [3.63, 3.8) is 0 Å². The molecule has 0 aromatic heterocycles. The molecule has 0 aromatic rings. The van der Waals surface area contributed by atoms with Crippen LogP contribution in [-0.2, 0) is 4.74 Å². The zero-order chi connectivity index (χ0) is 11.6. The third-order valence-electron chi connectivity index (χ3n) is 4.84. The van der Waals surface area contributed by atoms with Crippen molar-refractivity contribution in [3.8, 4) is 0 Å². The summed E-state index contributed by atoms with van der Waals surface area (Å²) in [7, 11) is 0. The number of ether oxygens (including phenoxy) is 1. The van der Waals surface area contributed by atoms with E-state index in [-0.39, 0.29) is 0 Å². The average Bonchev–Trinajstić information content (AvgIpc) is 2.71. The quantitative estimate of drug-likeness (QED) is 0.753. The van der Waals surface area contributed by atoms with Crippen LogP contribution >= 0.6 is 0 Å². The van der Waals surface area contributed by atoms with Gasteiger partial charge in [-0.1, -0.05) is 12.8 Å². The van der Waals surface area contributed by atoms with Crippen LogP contribution in [0.2, 0.25) is 0 Å². The van der Waals surface area contributed by atoms with E-state index in [9.17, 15) is 0 Å². The van der Waals surface area contributed by atoms with Crippen LogP contribution in [-0.4, -0.2) is 49.3 Å². The van der Waals surface area contributed by atoms with Crippen LogP contribution in [0.1, 0.15) is 44.9 Å². The standard InChI is InChI=1S/C14H26N2O/c1-2-7-14(6-1)12-16(9-4-8-15-14)13-5-3-10-17-11-13/h13,15H,1-12H2. The van der Waals surface area contributed by atoms with Crippen LogP contribution in [0.25, 0.3) is 0 Å². The molecule has 98 valence electrons. The number of nitrogens with one attached hydrogen (secondary N) is 1. The minimum atomic E-state index is 0.452. The molecule has 1 saturated carbocycles. The van der Waals surface area contributed by atoms with Gasteiger partial charge in [0, 0.05) is 24.7 Å². The van der Waals surface area contributed by atoms with Crippen LogP contribution in [0.3, 0.4) is 0 Å². The Balaban J connectivity index is 1.66. The molecule has 3 nitrogen and oxygen atoms in total. The molecule has 1 atom stereocenters. The maximum Gasteiger partial charge on any atom is 0.0621 e. The second-order valence-electron chi connectivity index (χ2n) is 6.11. The highest BCUT2D eigenvalue weighted by Gasteiger charge is 2.38. The van der Waals surface area contributed by atoms with Crippen molar-refractivity contribution in [2.75, 3.05) is 32.8 Å². The van der Waals surface area contributed by atoms with Gasteiger partial charge in [0.2, 0.25) is 0 Å². The van der Waals surface area contributed by atoms with Gasteiger partial charge in [0.15, 0.2) is 0 Å². The Hall–Kier alpha value is -0.120. The van der Waals surface area contributed by atoms with Crippen molar-refractivity contribution >= 4 is 0 Å². The summed E-state index contributed by atoms with van der Waals surface area (Å²) in [6.07, 6.45) is 9.51. The fourth-order valence-corrected chi connectivity index (χ4v) is 3.87. The van der Waals surface area contributed by atoms with Crippen molar-refractivity contribution in [2.45, 2.75) is 56.5 Å². The summed E-state index contributed by atoms with van der Waals surface area (Å²) in [6, 6.07) is 0.695. The van der Waals surface area contributed by atoms with E-state index in [1.54, 1.807) is 0 Å². The Morgan fingerprint density at radius 1 is 1.12 bits per heavy atom. The molecule has 3 heteroatoms.